The van der Waals surface area contributed by atoms with Crippen LogP contribution in [0.2, 0.25) is 0 Å². The Balaban J connectivity index is 1.23. The van der Waals surface area contributed by atoms with E-state index in [1.807, 2.05) is 35.2 Å². The summed E-state index contributed by atoms with van der Waals surface area (Å²) < 4.78 is 12.3. The molecule has 0 aliphatic carbocycles. The highest BCUT2D eigenvalue weighted by molar-refractivity contribution is 6.00. The zero-order valence-electron chi connectivity index (χ0n) is 25.2. The molecular formula is C32H33N9O4. The first-order chi connectivity index (χ1) is 21.9. The van der Waals surface area contributed by atoms with Crippen molar-refractivity contribution < 1.29 is 19.1 Å². The number of ketones is 1. The van der Waals surface area contributed by atoms with E-state index in [4.69, 9.17) is 25.2 Å². The van der Waals surface area contributed by atoms with Gasteiger partial charge in [0, 0.05) is 53.6 Å². The Morgan fingerprint density at radius 1 is 1.04 bits per heavy atom. The molecule has 0 spiro atoms. The maximum atomic E-state index is 13.2. The minimum atomic E-state index is -0.167. The van der Waals surface area contributed by atoms with Crippen LogP contribution in [-0.4, -0.2) is 77.7 Å². The molecule has 45 heavy (non-hydrogen) atoms. The number of nitrogens with two attached hydrogens (primary N) is 1. The van der Waals surface area contributed by atoms with Gasteiger partial charge in [-0.05, 0) is 56.9 Å². The maximum absolute atomic E-state index is 13.2. The summed E-state index contributed by atoms with van der Waals surface area (Å²) in [5.74, 6) is 0.894. The molecule has 230 valence electrons. The number of methoxy groups -OCH3 is 2. The van der Waals surface area contributed by atoms with Crippen LogP contribution < -0.4 is 10.5 Å². The predicted octanol–water partition coefficient (Wildman–Crippen LogP) is 4.07. The number of pyridine rings is 1. The van der Waals surface area contributed by atoms with E-state index < -0.39 is 0 Å². The number of nitrogen functional groups attached to an aromatic ring is 1. The third-order valence-electron chi connectivity index (χ3n) is 8.99. The highest BCUT2D eigenvalue weighted by Crippen LogP contribution is 2.45. The predicted molar refractivity (Wildman–Crippen MR) is 165 cm³/mol. The minimum absolute atomic E-state index is 0.00824. The molecule has 0 radical (unpaired) electrons. The molecular weight excluding hydrogens is 574 g/mol. The van der Waals surface area contributed by atoms with Crippen LogP contribution in [0.1, 0.15) is 70.8 Å². The van der Waals surface area contributed by atoms with Gasteiger partial charge in [-0.2, -0.15) is 14.7 Å². The maximum Gasteiger partial charge on any atom is 0.291 e. The van der Waals surface area contributed by atoms with Crippen molar-refractivity contribution in [3.8, 4) is 28.1 Å². The minimum Gasteiger partial charge on any atom is -0.496 e. The first-order valence-corrected chi connectivity index (χ1v) is 14.9. The molecule has 2 fully saturated rings. The number of ether oxygens (including phenoxy) is 2. The van der Waals surface area contributed by atoms with Gasteiger partial charge in [0.2, 0.25) is 5.82 Å². The van der Waals surface area contributed by atoms with Gasteiger partial charge < -0.3 is 20.1 Å². The number of rotatable bonds is 8. The van der Waals surface area contributed by atoms with Gasteiger partial charge in [-0.1, -0.05) is 6.07 Å². The first-order valence-electron chi connectivity index (χ1n) is 14.9. The van der Waals surface area contributed by atoms with Crippen molar-refractivity contribution >= 4 is 23.2 Å². The lowest BCUT2D eigenvalue weighted by molar-refractivity contribution is 0.0556. The van der Waals surface area contributed by atoms with E-state index in [0.717, 1.165) is 46.5 Å². The summed E-state index contributed by atoms with van der Waals surface area (Å²) in [6.07, 6.45) is 7.94. The van der Waals surface area contributed by atoms with Crippen molar-refractivity contribution in [2.24, 2.45) is 0 Å². The quantitative estimate of drug-likeness (QED) is 0.246. The lowest BCUT2D eigenvalue weighted by Gasteiger charge is -2.38. The Kier molecular flexibility index (Phi) is 7.24. The fourth-order valence-corrected chi connectivity index (χ4v) is 6.99. The standard InChI is InChI=1S/C32H33N9O4/c1-17(42)27-28(20-11-22-6-7-23(12-20)40(22)32(43)30-35-16-36-39-30)38-31-24(14-37-41(31)29(27)33)19-4-8-25(34-13-19)18-5-9-26(45-3)21(10-18)15-44-2/h4-5,8-10,13-14,16,20,22-23H,6-7,11-12,15,33H2,1-3H3,(H,35,36,39)/t20?,22-,23+. The third kappa shape index (κ3) is 4.89. The summed E-state index contributed by atoms with van der Waals surface area (Å²) in [5.41, 5.74) is 12.5. The van der Waals surface area contributed by atoms with Crippen molar-refractivity contribution in [3.05, 3.63) is 71.7 Å². The van der Waals surface area contributed by atoms with Gasteiger partial charge in [0.25, 0.3) is 5.91 Å². The number of amides is 1. The smallest absolute Gasteiger partial charge is 0.291 e. The number of hydrogen-bond acceptors (Lipinski definition) is 10. The Morgan fingerprint density at radius 3 is 2.47 bits per heavy atom. The number of benzene rings is 1. The molecule has 4 aromatic heterocycles. The number of Topliss-reactive ketones (excluding diaryl/α,β-unsaturated/α-hetero) is 1. The number of H-pyrrole nitrogens is 1. The van der Waals surface area contributed by atoms with Crippen LogP contribution >= 0.6 is 0 Å². The summed E-state index contributed by atoms with van der Waals surface area (Å²) in [5, 5.41) is 11.0. The van der Waals surface area contributed by atoms with Gasteiger partial charge in [0.05, 0.1) is 36.9 Å². The van der Waals surface area contributed by atoms with Crippen LogP contribution in [0.4, 0.5) is 5.82 Å². The third-order valence-corrected chi connectivity index (χ3v) is 8.99. The lowest BCUT2D eigenvalue weighted by atomic mass is 9.85. The highest BCUT2D eigenvalue weighted by atomic mass is 16.5. The second-order valence-corrected chi connectivity index (χ2v) is 11.6. The number of nitrogens with one attached hydrogen (secondary N) is 1. The molecule has 3 atom stereocenters. The summed E-state index contributed by atoms with van der Waals surface area (Å²) in [4.78, 5) is 42.0. The molecule has 1 unspecified atom stereocenters. The van der Waals surface area contributed by atoms with E-state index in [1.54, 1.807) is 26.6 Å². The molecule has 6 heterocycles. The van der Waals surface area contributed by atoms with E-state index in [0.29, 0.717) is 36.4 Å². The molecule has 2 saturated heterocycles. The number of aromatic amines is 1. The second kappa shape index (κ2) is 11.4. The number of anilines is 1. The van der Waals surface area contributed by atoms with Crippen LogP contribution in [-0.2, 0) is 11.3 Å². The molecule has 3 N–H and O–H groups in total. The topological polar surface area (TPSA) is 167 Å². The molecule has 5 aromatic rings. The van der Waals surface area contributed by atoms with Gasteiger partial charge >= 0.3 is 0 Å². The Hall–Kier alpha value is -5.17. The largest absolute Gasteiger partial charge is 0.496 e. The highest BCUT2D eigenvalue weighted by Gasteiger charge is 2.45. The molecule has 1 amide bonds. The van der Waals surface area contributed by atoms with Crippen molar-refractivity contribution in [3.63, 3.8) is 0 Å². The summed E-state index contributed by atoms with van der Waals surface area (Å²) >= 11 is 0. The van der Waals surface area contributed by atoms with Gasteiger partial charge in [-0.3, -0.25) is 19.7 Å². The van der Waals surface area contributed by atoms with Crippen molar-refractivity contribution in [1.29, 1.82) is 0 Å². The van der Waals surface area contributed by atoms with E-state index in [9.17, 15) is 9.59 Å². The number of fused-ring (bicyclic) bond motifs is 3. The zero-order chi connectivity index (χ0) is 31.2. The Labute approximate surface area is 258 Å². The number of carbonyl (C=O) groups is 2. The van der Waals surface area contributed by atoms with Crippen molar-refractivity contribution in [2.45, 2.75) is 57.2 Å². The molecule has 0 saturated carbocycles. The number of nitrogens with zero attached hydrogens (tertiary/aromatic N) is 7. The Morgan fingerprint density at radius 2 is 1.82 bits per heavy atom. The Bertz CT molecular complexity index is 1890. The van der Waals surface area contributed by atoms with Crippen LogP contribution in [0, 0.1) is 0 Å². The normalized spacial score (nSPS) is 19.3. The second-order valence-electron chi connectivity index (χ2n) is 11.6. The van der Waals surface area contributed by atoms with Gasteiger partial charge in [0.15, 0.2) is 11.4 Å². The number of hydrogen-bond donors (Lipinski definition) is 2. The molecule has 2 bridgehead atoms. The average molecular weight is 608 g/mol. The summed E-state index contributed by atoms with van der Waals surface area (Å²) in [6, 6.07) is 9.82. The van der Waals surface area contributed by atoms with Gasteiger partial charge in [-0.25, -0.2) is 9.97 Å². The number of carbonyl (C=O) groups excluding carboxylic acids is 2. The lowest BCUT2D eigenvalue weighted by Crippen LogP contribution is -2.46. The van der Waals surface area contributed by atoms with Crippen LogP contribution in [0.5, 0.6) is 5.75 Å². The monoisotopic (exact) mass is 607 g/mol. The van der Waals surface area contributed by atoms with Gasteiger partial charge in [-0.15, -0.1) is 0 Å². The fourth-order valence-electron chi connectivity index (χ4n) is 6.99. The van der Waals surface area contributed by atoms with E-state index in [-0.39, 0.29) is 41.3 Å². The van der Waals surface area contributed by atoms with Crippen LogP contribution in [0.15, 0.2) is 49.1 Å². The SMILES string of the molecule is COCc1cc(-c2ccc(-c3cnn4c(N)c(C(C)=O)c(C5C[C@H]6CC[C@@H](C5)N6C(=O)c5ncn[nH]5)nc34)cn2)ccc1OC. The molecule has 2 aliphatic heterocycles. The number of piperidine rings is 1. The number of aromatic nitrogens is 7. The van der Waals surface area contributed by atoms with Crippen molar-refractivity contribution in [2.75, 3.05) is 20.0 Å². The molecule has 2 aliphatic rings. The molecule has 7 rings (SSSR count). The van der Waals surface area contributed by atoms with E-state index in [1.165, 1.54) is 17.8 Å². The molecule has 13 heteroatoms. The van der Waals surface area contributed by atoms with Crippen molar-refractivity contribution in [1.82, 2.24) is 39.7 Å². The summed E-state index contributed by atoms with van der Waals surface area (Å²) in [7, 11) is 3.28. The summed E-state index contributed by atoms with van der Waals surface area (Å²) in [6.45, 7) is 1.93. The zero-order valence-corrected chi connectivity index (χ0v) is 25.2. The first kappa shape index (κ1) is 28.6. The molecule has 1 aromatic carbocycles. The fraction of sp³-hybridized carbons (Fsp3) is 0.344. The van der Waals surface area contributed by atoms with E-state index in [2.05, 4.69) is 20.3 Å². The van der Waals surface area contributed by atoms with Crippen LogP contribution in [0.25, 0.3) is 28.0 Å². The molecule has 13 nitrogen and oxygen atoms in total. The van der Waals surface area contributed by atoms with Gasteiger partial charge in [0.1, 0.15) is 17.9 Å². The van der Waals surface area contributed by atoms with Crippen LogP contribution in [0.3, 0.4) is 0 Å². The average Bonchev–Trinajstić information content (AvgIpc) is 3.79. The van der Waals surface area contributed by atoms with E-state index >= 15 is 0 Å².